The molecule has 4 nitrogen and oxygen atoms in total. The van der Waals surface area contributed by atoms with Crippen LogP contribution in [0.3, 0.4) is 0 Å². The van der Waals surface area contributed by atoms with E-state index in [1.165, 1.54) is 44.7 Å². The molecule has 0 radical (unpaired) electrons. The smallest absolute Gasteiger partial charge is 0.122 e. The van der Waals surface area contributed by atoms with Crippen molar-refractivity contribution in [1.29, 1.82) is 0 Å². The van der Waals surface area contributed by atoms with Crippen LogP contribution in [0.4, 0.5) is 0 Å². The highest BCUT2D eigenvalue weighted by atomic mass is 16.5. The van der Waals surface area contributed by atoms with Gasteiger partial charge < -0.3 is 19.4 Å². The van der Waals surface area contributed by atoms with E-state index >= 15 is 0 Å². The SMILES string of the molecule is Cc1ccccc1OCCN(C)CCCN1CCN(C)CC1. The third-order valence-corrected chi connectivity index (χ3v) is 4.43. The topological polar surface area (TPSA) is 19.0 Å². The van der Waals surface area contributed by atoms with Gasteiger partial charge in [0.15, 0.2) is 0 Å². The summed E-state index contributed by atoms with van der Waals surface area (Å²) < 4.78 is 5.86. The summed E-state index contributed by atoms with van der Waals surface area (Å²) in [6.45, 7) is 11.1. The van der Waals surface area contributed by atoms with Crippen LogP contribution in [0.15, 0.2) is 24.3 Å². The summed E-state index contributed by atoms with van der Waals surface area (Å²) in [5.74, 6) is 1.01. The van der Waals surface area contributed by atoms with Gasteiger partial charge in [0.1, 0.15) is 12.4 Å². The molecule has 0 atom stereocenters. The Morgan fingerprint density at radius 2 is 1.82 bits per heavy atom. The predicted octanol–water partition coefficient (Wildman–Crippen LogP) is 1.94. The molecule has 1 saturated heterocycles. The molecular formula is C18H31N3O. The number of para-hydroxylation sites is 1. The van der Waals surface area contributed by atoms with Crippen molar-refractivity contribution in [3.63, 3.8) is 0 Å². The number of ether oxygens (including phenoxy) is 1. The average Bonchev–Trinajstić information content (AvgIpc) is 2.51. The maximum absolute atomic E-state index is 5.86. The van der Waals surface area contributed by atoms with Crippen LogP contribution in [0.25, 0.3) is 0 Å². The highest BCUT2D eigenvalue weighted by Gasteiger charge is 2.13. The van der Waals surface area contributed by atoms with Crippen LogP contribution < -0.4 is 4.74 Å². The minimum atomic E-state index is 0.760. The van der Waals surface area contributed by atoms with Gasteiger partial charge >= 0.3 is 0 Å². The van der Waals surface area contributed by atoms with E-state index in [2.05, 4.69) is 41.8 Å². The van der Waals surface area contributed by atoms with Crippen LogP contribution in [0.2, 0.25) is 0 Å². The van der Waals surface area contributed by atoms with Gasteiger partial charge in [-0.25, -0.2) is 0 Å². The van der Waals surface area contributed by atoms with Crippen LogP contribution in [-0.2, 0) is 0 Å². The van der Waals surface area contributed by atoms with Crippen LogP contribution in [0.1, 0.15) is 12.0 Å². The third-order valence-electron chi connectivity index (χ3n) is 4.43. The van der Waals surface area contributed by atoms with Gasteiger partial charge in [-0.05, 0) is 52.2 Å². The zero-order chi connectivity index (χ0) is 15.8. The van der Waals surface area contributed by atoms with Gasteiger partial charge in [0.05, 0.1) is 0 Å². The molecule has 0 aliphatic carbocycles. The molecule has 1 heterocycles. The lowest BCUT2D eigenvalue weighted by molar-refractivity contribution is 0.146. The normalized spacial score (nSPS) is 17.1. The van der Waals surface area contributed by atoms with Crippen molar-refractivity contribution in [3.8, 4) is 5.75 Å². The number of hydrogen-bond donors (Lipinski definition) is 0. The van der Waals surface area contributed by atoms with Crippen LogP contribution in [0.5, 0.6) is 5.75 Å². The fourth-order valence-corrected chi connectivity index (χ4v) is 2.78. The zero-order valence-electron chi connectivity index (χ0n) is 14.4. The van der Waals surface area contributed by atoms with Crippen molar-refractivity contribution < 1.29 is 4.74 Å². The zero-order valence-corrected chi connectivity index (χ0v) is 14.4. The quantitative estimate of drug-likeness (QED) is 0.730. The fourth-order valence-electron chi connectivity index (χ4n) is 2.78. The van der Waals surface area contributed by atoms with Gasteiger partial charge in [0.25, 0.3) is 0 Å². The van der Waals surface area contributed by atoms with Crippen molar-refractivity contribution in [3.05, 3.63) is 29.8 Å². The highest BCUT2D eigenvalue weighted by Crippen LogP contribution is 2.15. The number of nitrogens with zero attached hydrogens (tertiary/aromatic N) is 3. The Hall–Kier alpha value is -1.10. The molecule has 0 amide bonds. The maximum atomic E-state index is 5.86. The summed E-state index contributed by atoms with van der Waals surface area (Å²) in [6, 6.07) is 8.21. The Balaban J connectivity index is 1.54. The molecule has 1 aromatic carbocycles. The minimum absolute atomic E-state index is 0.760. The van der Waals surface area contributed by atoms with E-state index in [1.54, 1.807) is 0 Å². The van der Waals surface area contributed by atoms with Gasteiger partial charge in [-0.15, -0.1) is 0 Å². The molecule has 124 valence electrons. The number of aryl methyl sites for hydroxylation is 1. The van der Waals surface area contributed by atoms with Gasteiger partial charge in [-0.3, -0.25) is 0 Å². The molecule has 0 bridgehead atoms. The summed E-state index contributed by atoms with van der Waals surface area (Å²) >= 11 is 0. The van der Waals surface area contributed by atoms with E-state index in [-0.39, 0.29) is 0 Å². The van der Waals surface area contributed by atoms with Crippen LogP contribution in [-0.4, -0.2) is 81.2 Å². The van der Waals surface area contributed by atoms with Gasteiger partial charge in [0.2, 0.25) is 0 Å². The molecule has 22 heavy (non-hydrogen) atoms. The number of hydrogen-bond acceptors (Lipinski definition) is 4. The molecule has 0 N–H and O–H groups in total. The largest absolute Gasteiger partial charge is 0.492 e. The second-order valence-corrected chi connectivity index (χ2v) is 6.42. The second kappa shape index (κ2) is 9.13. The van der Waals surface area contributed by atoms with Gasteiger partial charge in [0, 0.05) is 32.7 Å². The molecule has 0 saturated carbocycles. The summed E-state index contributed by atoms with van der Waals surface area (Å²) in [5.41, 5.74) is 1.21. The summed E-state index contributed by atoms with van der Waals surface area (Å²) in [5, 5.41) is 0. The van der Waals surface area contributed by atoms with E-state index in [1.807, 2.05) is 18.2 Å². The van der Waals surface area contributed by atoms with E-state index in [4.69, 9.17) is 4.74 Å². The lowest BCUT2D eigenvalue weighted by atomic mass is 10.2. The first-order valence-electron chi connectivity index (χ1n) is 8.43. The second-order valence-electron chi connectivity index (χ2n) is 6.42. The van der Waals surface area contributed by atoms with Crippen molar-refractivity contribution >= 4 is 0 Å². The molecule has 1 aromatic rings. The molecular weight excluding hydrogens is 274 g/mol. The number of rotatable bonds is 8. The van der Waals surface area contributed by atoms with E-state index in [9.17, 15) is 0 Å². The lowest BCUT2D eigenvalue weighted by Crippen LogP contribution is -2.45. The average molecular weight is 305 g/mol. The lowest BCUT2D eigenvalue weighted by Gasteiger charge is -2.32. The van der Waals surface area contributed by atoms with E-state index in [0.29, 0.717) is 0 Å². The Morgan fingerprint density at radius 3 is 2.55 bits per heavy atom. The standard InChI is InChI=1S/C18H31N3O/c1-17-7-4-5-8-18(17)22-16-15-19(2)9-6-10-21-13-11-20(3)12-14-21/h4-5,7-8H,6,9-16H2,1-3H3. The Morgan fingerprint density at radius 1 is 1.09 bits per heavy atom. The van der Waals surface area contributed by atoms with Crippen molar-refractivity contribution in [2.24, 2.45) is 0 Å². The Labute approximate surface area is 135 Å². The maximum Gasteiger partial charge on any atom is 0.122 e. The number of likely N-dealkylation sites (N-methyl/N-ethyl adjacent to an activating group) is 2. The predicted molar refractivity (Wildman–Crippen MR) is 92.7 cm³/mol. The Kier molecular flexibility index (Phi) is 7.16. The van der Waals surface area contributed by atoms with Gasteiger partial charge in [-0.2, -0.15) is 0 Å². The summed E-state index contributed by atoms with van der Waals surface area (Å²) in [7, 11) is 4.39. The van der Waals surface area contributed by atoms with Crippen molar-refractivity contribution in [2.75, 3.05) is 66.5 Å². The molecule has 0 spiro atoms. The molecule has 2 rings (SSSR count). The van der Waals surface area contributed by atoms with E-state index in [0.717, 1.165) is 25.4 Å². The molecule has 0 unspecified atom stereocenters. The highest BCUT2D eigenvalue weighted by molar-refractivity contribution is 5.31. The molecule has 1 aliphatic rings. The molecule has 0 aromatic heterocycles. The number of piperazine rings is 1. The third kappa shape index (κ3) is 5.95. The molecule has 4 heteroatoms. The summed E-state index contributed by atoms with van der Waals surface area (Å²) in [6.07, 6.45) is 1.24. The molecule has 1 aliphatic heterocycles. The fraction of sp³-hybridized carbons (Fsp3) is 0.667. The first-order chi connectivity index (χ1) is 10.6. The van der Waals surface area contributed by atoms with Gasteiger partial charge in [-0.1, -0.05) is 18.2 Å². The first kappa shape index (κ1) is 17.3. The van der Waals surface area contributed by atoms with Crippen molar-refractivity contribution in [1.82, 2.24) is 14.7 Å². The monoisotopic (exact) mass is 305 g/mol. The Bertz CT molecular complexity index is 430. The van der Waals surface area contributed by atoms with Crippen molar-refractivity contribution in [2.45, 2.75) is 13.3 Å². The molecule has 1 fully saturated rings. The van der Waals surface area contributed by atoms with Crippen LogP contribution >= 0.6 is 0 Å². The minimum Gasteiger partial charge on any atom is -0.492 e. The number of benzene rings is 1. The first-order valence-corrected chi connectivity index (χ1v) is 8.43. The van der Waals surface area contributed by atoms with Crippen LogP contribution in [0, 0.1) is 6.92 Å². The van der Waals surface area contributed by atoms with E-state index < -0.39 is 0 Å². The summed E-state index contributed by atoms with van der Waals surface area (Å²) in [4.78, 5) is 7.36.